The van der Waals surface area contributed by atoms with E-state index in [1.165, 1.54) is 11.6 Å². The number of piperidine rings is 2. The number of carbonyl (C=O) groups is 5. The zero-order valence-electron chi connectivity index (χ0n) is 42.8. The predicted molar refractivity (Wildman–Crippen MR) is 281 cm³/mol. The molecule has 2 aromatic heterocycles. The Kier molecular flexibility index (Phi) is 15.5. The number of anilines is 2. The van der Waals surface area contributed by atoms with Crippen molar-refractivity contribution in [1.29, 1.82) is 0 Å². The van der Waals surface area contributed by atoms with Gasteiger partial charge >= 0.3 is 0 Å². The van der Waals surface area contributed by atoms with E-state index in [1.807, 2.05) is 20.4 Å². The minimum Gasteiger partial charge on any atom is -0.395 e. The van der Waals surface area contributed by atoms with Gasteiger partial charge in [0.1, 0.15) is 17.7 Å². The van der Waals surface area contributed by atoms with Gasteiger partial charge in [-0.15, -0.1) is 0 Å². The third-order valence-corrected chi connectivity index (χ3v) is 16.0. The van der Waals surface area contributed by atoms with Crippen molar-refractivity contribution in [2.75, 3.05) is 94.9 Å². The highest BCUT2D eigenvalue weighted by Crippen LogP contribution is 2.36. The molecule has 4 saturated heterocycles. The van der Waals surface area contributed by atoms with Crippen LogP contribution in [-0.2, 0) is 20.8 Å². The van der Waals surface area contributed by atoms with E-state index in [9.17, 15) is 29.1 Å². The fourth-order valence-electron chi connectivity index (χ4n) is 11.8. The average molecular weight is 1010 g/mol. The number of likely N-dealkylation sites (tertiary alicyclic amines) is 1. The molecular weight excluding hydrogens is 940 g/mol. The van der Waals surface area contributed by atoms with Crippen LogP contribution < -0.4 is 15.1 Å². The molecule has 5 aliphatic rings. The molecule has 74 heavy (non-hydrogen) atoms. The predicted octanol–water partition coefficient (Wildman–Crippen LogP) is 6.22. The van der Waals surface area contributed by atoms with Crippen LogP contribution in [0.15, 0.2) is 72.8 Å². The number of benzene rings is 3. The summed E-state index contributed by atoms with van der Waals surface area (Å²) in [6.45, 7) is 13.6. The number of amides is 5. The molecular formula is C57H69FN10O6. The fraction of sp³-hybridized carbons (Fsp3) is 0.491. The number of β-amino-alcohol motifs (C(OH)–C–C–N with tert-alkyl or cyclic N) is 1. The van der Waals surface area contributed by atoms with Gasteiger partial charge in [0.15, 0.2) is 5.65 Å². The molecule has 0 saturated carbocycles. The smallest absolute Gasteiger partial charge is 0.262 e. The topological polar surface area (TPSA) is 167 Å². The van der Waals surface area contributed by atoms with E-state index in [0.29, 0.717) is 37.9 Å². The first kappa shape index (κ1) is 50.9. The number of aliphatic hydroxyl groups excluding tert-OH is 1. The van der Waals surface area contributed by atoms with E-state index in [2.05, 4.69) is 88.5 Å². The minimum atomic E-state index is -1.10. The maximum absolute atomic E-state index is 15.5. The summed E-state index contributed by atoms with van der Waals surface area (Å²) in [7, 11) is 0. The number of unbranched alkanes of at least 4 members (excludes halogenated alkanes) is 2. The van der Waals surface area contributed by atoms with E-state index in [-0.39, 0.29) is 42.2 Å². The van der Waals surface area contributed by atoms with Gasteiger partial charge in [-0.25, -0.2) is 9.37 Å². The molecule has 4 fully saturated rings. The second kappa shape index (κ2) is 22.5. The number of hydrogen-bond acceptors (Lipinski definition) is 12. The Bertz CT molecular complexity index is 2890. The summed E-state index contributed by atoms with van der Waals surface area (Å²) in [6, 6.07) is 22.8. The zero-order chi connectivity index (χ0) is 51.5. The Morgan fingerprint density at radius 2 is 1.49 bits per heavy atom. The second-order valence-electron chi connectivity index (χ2n) is 21.1. The summed E-state index contributed by atoms with van der Waals surface area (Å²) in [5.74, 6) is -1.03. The molecule has 2 atom stereocenters. The van der Waals surface area contributed by atoms with Crippen LogP contribution in [0.2, 0.25) is 0 Å². The highest BCUT2D eigenvalue weighted by molar-refractivity contribution is 6.23. The van der Waals surface area contributed by atoms with Crippen LogP contribution in [0.5, 0.6) is 0 Å². The van der Waals surface area contributed by atoms with Gasteiger partial charge in [-0.05, 0) is 74.1 Å². The molecule has 5 amide bonds. The van der Waals surface area contributed by atoms with E-state index in [0.717, 1.165) is 154 Å². The molecule has 7 heterocycles. The SMILES string of the molecule is Cc1nn2c(N3CCN(CCO)CC3)cc(-c3ccccc3)nc2c1-c1cccc(CCCCCC(C)CC(=O)N2CCC(CN3CCN(c4cc5c(cc4F)C(=O)N(C4CCC(=O)NC4=O)C5=O)CC3)CC2)c1. The number of aromatic nitrogens is 3. The highest BCUT2D eigenvalue weighted by atomic mass is 19.1. The first-order valence-corrected chi connectivity index (χ1v) is 26.9. The number of halogens is 1. The highest BCUT2D eigenvalue weighted by Gasteiger charge is 2.45. The number of aliphatic hydroxyl groups is 1. The van der Waals surface area contributed by atoms with Crippen molar-refractivity contribution in [2.24, 2.45) is 11.8 Å². The molecule has 0 radical (unpaired) electrons. The molecule has 5 aliphatic heterocycles. The quantitative estimate of drug-likeness (QED) is 0.0800. The number of rotatable bonds is 17. The first-order valence-electron chi connectivity index (χ1n) is 26.9. The zero-order valence-corrected chi connectivity index (χ0v) is 42.8. The number of carbonyl (C=O) groups excluding carboxylic acids is 5. The minimum absolute atomic E-state index is 0.0174. The maximum Gasteiger partial charge on any atom is 0.262 e. The monoisotopic (exact) mass is 1010 g/mol. The van der Waals surface area contributed by atoms with E-state index >= 15 is 4.39 Å². The van der Waals surface area contributed by atoms with Crippen LogP contribution in [0.3, 0.4) is 0 Å². The van der Waals surface area contributed by atoms with Gasteiger partial charge in [-0.2, -0.15) is 9.61 Å². The molecule has 16 nitrogen and oxygen atoms in total. The summed E-state index contributed by atoms with van der Waals surface area (Å²) >= 11 is 0. The number of aryl methyl sites for hydroxylation is 2. The summed E-state index contributed by atoms with van der Waals surface area (Å²) in [5.41, 5.74) is 7.54. The third-order valence-electron chi connectivity index (χ3n) is 16.0. The number of imide groups is 2. The Morgan fingerprint density at radius 3 is 2.22 bits per heavy atom. The second-order valence-corrected chi connectivity index (χ2v) is 21.1. The molecule has 5 aromatic rings. The van der Waals surface area contributed by atoms with Crippen molar-refractivity contribution in [3.8, 4) is 22.4 Å². The van der Waals surface area contributed by atoms with Crippen molar-refractivity contribution >= 4 is 46.7 Å². The Morgan fingerprint density at radius 1 is 0.784 bits per heavy atom. The summed E-state index contributed by atoms with van der Waals surface area (Å²) < 4.78 is 17.5. The van der Waals surface area contributed by atoms with Crippen molar-refractivity contribution in [1.82, 2.24) is 39.5 Å². The van der Waals surface area contributed by atoms with E-state index in [4.69, 9.17) is 10.1 Å². The van der Waals surface area contributed by atoms with Crippen LogP contribution in [0.25, 0.3) is 28.0 Å². The fourth-order valence-corrected chi connectivity index (χ4v) is 11.8. The van der Waals surface area contributed by atoms with Gasteiger partial charge in [-0.1, -0.05) is 80.8 Å². The lowest BCUT2D eigenvalue weighted by atomic mass is 9.94. The van der Waals surface area contributed by atoms with Crippen molar-refractivity contribution in [3.05, 3.63) is 101 Å². The molecule has 17 heteroatoms. The van der Waals surface area contributed by atoms with Crippen LogP contribution in [-0.4, -0.2) is 160 Å². The average Bonchev–Trinajstić information content (AvgIpc) is 3.87. The lowest BCUT2D eigenvalue weighted by molar-refractivity contribution is -0.136. The normalized spacial score (nSPS) is 19.7. The first-order chi connectivity index (χ1) is 35.9. The molecule has 2 unspecified atom stereocenters. The van der Waals surface area contributed by atoms with Gasteiger partial charge < -0.3 is 19.8 Å². The van der Waals surface area contributed by atoms with Crippen LogP contribution in [0.4, 0.5) is 15.9 Å². The molecule has 10 rings (SSSR count). The van der Waals surface area contributed by atoms with Crippen molar-refractivity contribution < 1.29 is 33.5 Å². The Labute approximate surface area is 432 Å². The van der Waals surface area contributed by atoms with Crippen molar-refractivity contribution in [3.63, 3.8) is 0 Å². The van der Waals surface area contributed by atoms with E-state index in [1.54, 1.807) is 0 Å². The van der Waals surface area contributed by atoms with Gasteiger partial charge in [0.25, 0.3) is 11.8 Å². The molecule has 0 aliphatic carbocycles. The van der Waals surface area contributed by atoms with Gasteiger partial charge in [0.05, 0.1) is 34.8 Å². The molecule has 0 bridgehead atoms. The van der Waals surface area contributed by atoms with Crippen molar-refractivity contribution in [2.45, 2.75) is 84.1 Å². The van der Waals surface area contributed by atoms with Gasteiger partial charge in [0.2, 0.25) is 17.7 Å². The summed E-state index contributed by atoms with van der Waals surface area (Å²) in [6.07, 6.45) is 7.79. The lowest BCUT2D eigenvalue weighted by Gasteiger charge is -2.40. The molecule has 3 aromatic carbocycles. The number of nitrogens with one attached hydrogen (secondary N) is 1. The van der Waals surface area contributed by atoms with E-state index < -0.39 is 35.5 Å². The maximum atomic E-state index is 15.5. The molecule has 390 valence electrons. The molecule has 0 spiro atoms. The third kappa shape index (κ3) is 11.0. The summed E-state index contributed by atoms with van der Waals surface area (Å²) in [5, 5.41) is 16.8. The van der Waals surface area contributed by atoms with Gasteiger partial charge in [0, 0.05) is 109 Å². The van der Waals surface area contributed by atoms with Crippen LogP contribution in [0, 0.1) is 24.6 Å². The number of nitrogens with zero attached hydrogens (tertiary/aromatic N) is 9. The molecule has 2 N–H and O–H groups in total. The van der Waals surface area contributed by atoms with Gasteiger partial charge in [-0.3, -0.25) is 44.0 Å². The standard InChI is InChI=1S/C57H69FN10O6/c1-38(10-5-3-6-11-40-12-9-15-43(33-40)53-39(2)61-68-51(65-28-22-62(23-29-65)30-31-69)36-47(59-54(53)68)42-13-7-4-8-14-42)32-52(71)66-20-18-41(19-21-66)37-63-24-26-64(27-25-63)49-35-45-44(34-46(49)58)56(73)67(57(45)74)48-16-17-50(70)60-55(48)72/h4,7-9,12-15,33-36,38,41,48,69H,3,5-6,10-11,16-32,37H2,1-2H3,(H,60,70,72). The Hall–Kier alpha value is -6.56. The summed E-state index contributed by atoms with van der Waals surface area (Å²) in [4.78, 5) is 81.3. The van der Waals surface area contributed by atoms with Crippen LogP contribution in [0.1, 0.15) is 96.7 Å². The number of hydrogen-bond donors (Lipinski definition) is 2. The van der Waals surface area contributed by atoms with Crippen LogP contribution >= 0.6 is 0 Å². The number of piperazine rings is 2. The largest absolute Gasteiger partial charge is 0.395 e. The Balaban J connectivity index is 0.657. The lowest BCUT2D eigenvalue weighted by Crippen LogP contribution is -2.54. The number of fused-ring (bicyclic) bond motifs is 2.